The lowest BCUT2D eigenvalue weighted by Crippen LogP contribution is -2.32. The lowest BCUT2D eigenvalue weighted by Gasteiger charge is -2.30. The highest BCUT2D eigenvalue weighted by Crippen LogP contribution is 2.30. The molecule has 1 saturated heterocycles. The number of nitrogens with zero attached hydrogens (tertiary/aromatic N) is 2. The quantitative estimate of drug-likeness (QED) is 0.743. The summed E-state index contributed by atoms with van der Waals surface area (Å²) in [7, 11) is 0. The number of aliphatic hydroxyl groups is 2. The van der Waals surface area contributed by atoms with E-state index in [0.29, 0.717) is 12.2 Å². The van der Waals surface area contributed by atoms with E-state index in [4.69, 9.17) is 9.84 Å². The van der Waals surface area contributed by atoms with Gasteiger partial charge >= 0.3 is 0 Å². The van der Waals surface area contributed by atoms with Crippen molar-refractivity contribution in [2.24, 2.45) is 4.99 Å². The molecule has 2 heterocycles. The molecular weight excluding hydrogens is 347 g/mol. The van der Waals surface area contributed by atoms with E-state index in [-0.39, 0.29) is 12.8 Å². The molecule has 0 aromatic rings. The minimum absolute atomic E-state index is 0.178. The van der Waals surface area contributed by atoms with Gasteiger partial charge in [0.05, 0.1) is 22.0 Å². The normalized spacial score (nSPS) is 32.6. The smallest absolute Gasteiger partial charge is 0.138 e. The molecule has 0 aromatic heterocycles. The first-order chi connectivity index (χ1) is 8.56. The van der Waals surface area contributed by atoms with E-state index in [1.165, 1.54) is 0 Å². The highest BCUT2D eigenvalue weighted by atomic mass is 127. The fourth-order valence-corrected chi connectivity index (χ4v) is 2.89. The third kappa shape index (κ3) is 2.61. The largest absolute Gasteiger partial charge is 0.394 e. The molecule has 2 aliphatic rings. The van der Waals surface area contributed by atoms with Gasteiger partial charge in [-0.15, -0.1) is 0 Å². The van der Waals surface area contributed by atoms with Crippen LogP contribution < -0.4 is 0 Å². The molecule has 18 heavy (non-hydrogen) atoms. The standard InChI is InChI=1S/C12H17IN2O3/c1-3-9-8(13)5-15(7(2)14-9)12-4-10(17)11(6-16)18-12/h5,10-12,16-17H,2-4,6H2,1H3/t10-,11+,12+/m1/s1. The van der Waals surface area contributed by atoms with Crippen LogP contribution >= 0.6 is 22.6 Å². The first kappa shape index (κ1) is 14.0. The van der Waals surface area contributed by atoms with Crippen molar-refractivity contribution >= 4 is 28.3 Å². The van der Waals surface area contributed by atoms with Crippen LogP contribution in [0.2, 0.25) is 0 Å². The molecule has 2 N–H and O–H groups in total. The Morgan fingerprint density at radius 2 is 2.39 bits per heavy atom. The maximum atomic E-state index is 9.74. The zero-order valence-electron chi connectivity index (χ0n) is 10.2. The molecule has 0 amide bonds. The number of ether oxygens (including phenoxy) is 1. The monoisotopic (exact) mass is 364 g/mol. The molecule has 0 unspecified atom stereocenters. The summed E-state index contributed by atoms with van der Waals surface area (Å²) in [5.74, 6) is 0.614. The zero-order valence-corrected chi connectivity index (χ0v) is 12.4. The van der Waals surface area contributed by atoms with Crippen molar-refractivity contribution in [3.05, 3.63) is 22.2 Å². The Morgan fingerprint density at radius 1 is 1.67 bits per heavy atom. The second-order valence-corrected chi connectivity index (χ2v) is 5.49. The second kappa shape index (κ2) is 5.68. The van der Waals surface area contributed by atoms with Crippen LogP contribution in [0.3, 0.4) is 0 Å². The van der Waals surface area contributed by atoms with Gasteiger partial charge in [-0.3, -0.25) is 0 Å². The number of hydrogen-bond donors (Lipinski definition) is 2. The van der Waals surface area contributed by atoms with Crippen LogP contribution in [0.1, 0.15) is 19.8 Å². The molecule has 0 aliphatic carbocycles. The van der Waals surface area contributed by atoms with Gasteiger partial charge in [-0.25, -0.2) is 4.99 Å². The van der Waals surface area contributed by atoms with Gasteiger partial charge in [0.2, 0.25) is 0 Å². The summed E-state index contributed by atoms with van der Waals surface area (Å²) in [6.45, 7) is 5.78. The van der Waals surface area contributed by atoms with Crippen LogP contribution in [-0.4, -0.2) is 45.9 Å². The van der Waals surface area contributed by atoms with Crippen LogP contribution in [0.15, 0.2) is 27.2 Å². The fraction of sp³-hybridized carbons (Fsp3) is 0.583. The van der Waals surface area contributed by atoms with E-state index < -0.39 is 12.2 Å². The molecule has 0 radical (unpaired) electrons. The minimum Gasteiger partial charge on any atom is -0.394 e. The van der Waals surface area contributed by atoms with Crippen molar-refractivity contribution in [2.75, 3.05) is 6.61 Å². The van der Waals surface area contributed by atoms with Crippen LogP contribution in [0.25, 0.3) is 0 Å². The number of rotatable bonds is 3. The predicted octanol–water partition coefficient (Wildman–Crippen LogP) is 1.37. The maximum Gasteiger partial charge on any atom is 0.138 e. The molecule has 5 nitrogen and oxygen atoms in total. The van der Waals surface area contributed by atoms with E-state index in [1.807, 2.05) is 18.0 Å². The Morgan fingerprint density at radius 3 is 2.94 bits per heavy atom. The van der Waals surface area contributed by atoms with Crippen molar-refractivity contribution in [1.82, 2.24) is 4.90 Å². The predicted molar refractivity (Wildman–Crippen MR) is 77.2 cm³/mol. The van der Waals surface area contributed by atoms with Gasteiger partial charge in [-0.1, -0.05) is 13.5 Å². The first-order valence-electron chi connectivity index (χ1n) is 5.93. The summed E-state index contributed by atoms with van der Waals surface area (Å²) in [4.78, 5) is 6.25. The Kier molecular flexibility index (Phi) is 4.41. The molecule has 2 rings (SSSR count). The topological polar surface area (TPSA) is 65.3 Å². The second-order valence-electron chi connectivity index (χ2n) is 4.33. The molecule has 0 aromatic carbocycles. The number of aliphatic imine (C=N–C) groups is 1. The van der Waals surface area contributed by atoms with E-state index in [2.05, 4.69) is 34.2 Å². The van der Waals surface area contributed by atoms with E-state index in [0.717, 1.165) is 15.7 Å². The third-order valence-electron chi connectivity index (χ3n) is 3.12. The van der Waals surface area contributed by atoms with Gasteiger partial charge in [-0.05, 0) is 29.0 Å². The van der Waals surface area contributed by atoms with E-state index in [9.17, 15) is 5.11 Å². The number of hydrogen-bond acceptors (Lipinski definition) is 5. The Balaban J connectivity index is 2.12. The van der Waals surface area contributed by atoms with Gasteiger partial charge in [0.25, 0.3) is 0 Å². The van der Waals surface area contributed by atoms with Gasteiger partial charge in [0, 0.05) is 12.6 Å². The molecule has 100 valence electrons. The van der Waals surface area contributed by atoms with Gasteiger partial charge in [0.15, 0.2) is 0 Å². The van der Waals surface area contributed by atoms with Gasteiger partial charge in [0.1, 0.15) is 18.2 Å². The summed E-state index contributed by atoms with van der Waals surface area (Å²) in [6.07, 6.45) is 1.76. The third-order valence-corrected chi connectivity index (χ3v) is 4.02. The molecule has 0 saturated carbocycles. The fourth-order valence-electron chi connectivity index (χ4n) is 2.09. The number of halogens is 1. The van der Waals surface area contributed by atoms with E-state index >= 15 is 0 Å². The van der Waals surface area contributed by atoms with Crippen molar-refractivity contribution in [1.29, 1.82) is 0 Å². The minimum atomic E-state index is -0.643. The molecule has 3 atom stereocenters. The maximum absolute atomic E-state index is 9.74. The summed E-state index contributed by atoms with van der Waals surface area (Å²) < 4.78 is 6.65. The Hall–Kier alpha value is -0.440. The van der Waals surface area contributed by atoms with Crippen LogP contribution in [-0.2, 0) is 4.74 Å². The van der Waals surface area contributed by atoms with Crippen LogP contribution in [0.5, 0.6) is 0 Å². The van der Waals surface area contributed by atoms with E-state index in [1.54, 1.807) is 0 Å². The van der Waals surface area contributed by atoms with Crippen molar-refractivity contribution < 1.29 is 14.9 Å². The van der Waals surface area contributed by atoms with Crippen molar-refractivity contribution in [3.8, 4) is 0 Å². The average Bonchev–Trinajstić information content (AvgIpc) is 2.72. The summed E-state index contributed by atoms with van der Waals surface area (Å²) >= 11 is 2.23. The molecular formula is C12H17IN2O3. The molecule has 6 heteroatoms. The van der Waals surface area contributed by atoms with Crippen molar-refractivity contribution in [2.45, 2.75) is 38.2 Å². The summed E-state index contributed by atoms with van der Waals surface area (Å²) in [6, 6.07) is 0. The lowest BCUT2D eigenvalue weighted by atomic mass is 10.2. The zero-order chi connectivity index (χ0) is 13.3. The van der Waals surface area contributed by atoms with Crippen LogP contribution in [0.4, 0.5) is 0 Å². The molecule has 1 fully saturated rings. The van der Waals surface area contributed by atoms with Crippen LogP contribution in [0, 0.1) is 0 Å². The summed E-state index contributed by atoms with van der Waals surface area (Å²) in [5, 5.41) is 18.8. The highest BCUT2D eigenvalue weighted by molar-refractivity contribution is 14.1. The number of aliphatic hydroxyl groups excluding tert-OH is 2. The van der Waals surface area contributed by atoms with Gasteiger partial charge < -0.3 is 19.8 Å². The summed E-state index contributed by atoms with van der Waals surface area (Å²) in [5.41, 5.74) is 1.01. The van der Waals surface area contributed by atoms with Gasteiger partial charge in [-0.2, -0.15) is 0 Å². The molecule has 2 aliphatic heterocycles. The lowest BCUT2D eigenvalue weighted by molar-refractivity contribution is -0.0563. The Bertz CT molecular complexity index is 408. The average molecular weight is 364 g/mol. The first-order valence-corrected chi connectivity index (χ1v) is 7.01. The SMILES string of the molecule is C=C1N=C(CC)C(I)=CN1[C@@H]1C[C@@H](O)[C@H](CO)O1. The molecule has 0 spiro atoms. The van der Waals surface area contributed by atoms with Crippen molar-refractivity contribution in [3.63, 3.8) is 0 Å². The molecule has 0 bridgehead atoms. The highest BCUT2D eigenvalue weighted by Gasteiger charge is 2.37. The number of allylic oxidation sites excluding steroid dienone is 1. The Labute approximate surface area is 120 Å².